The van der Waals surface area contributed by atoms with Crippen molar-refractivity contribution in [2.75, 3.05) is 19.1 Å². The molecule has 0 saturated carbocycles. The van der Waals surface area contributed by atoms with E-state index in [1.807, 2.05) is 19.1 Å². The van der Waals surface area contributed by atoms with Crippen LogP contribution in [0.3, 0.4) is 0 Å². The Morgan fingerprint density at radius 2 is 1.78 bits per heavy atom. The lowest BCUT2D eigenvalue weighted by Crippen LogP contribution is -2.29. The van der Waals surface area contributed by atoms with Crippen LogP contribution in [0, 0.1) is 6.92 Å². The summed E-state index contributed by atoms with van der Waals surface area (Å²) in [4.78, 5) is 31.8. The van der Waals surface area contributed by atoms with E-state index in [1.165, 1.54) is 25.3 Å². The summed E-state index contributed by atoms with van der Waals surface area (Å²) in [5.41, 5.74) is 2.33. The van der Waals surface area contributed by atoms with Crippen LogP contribution in [0.5, 0.6) is 11.5 Å². The molecule has 3 aromatic rings. The fourth-order valence-corrected chi connectivity index (χ4v) is 3.81. The summed E-state index contributed by atoms with van der Waals surface area (Å²) in [6.07, 6.45) is 3.07. The van der Waals surface area contributed by atoms with E-state index in [4.69, 9.17) is 9.47 Å². The summed E-state index contributed by atoms with van der Waals surface area (Å²) in [6, 6.07) is 14.6. The van der Waals surface area contributed by atoms with Gasteiger partial charge in [0.2, 0.25) is 0 Å². The van der Waals surface area contributed by atoms with Gasteiger partial charge in [0, 0.05) is 17.3 Å². The van der Waals surface area contributed by atoms with Crippen LogP contribution in [0.25, 0.3) is 5.76 Å². The molecule has 32 heavy (non-hydrogen) atoms. The summed E-state index contributed by atoms with van der Waals surface area (Å²) >= 11 is 0. The standard InChI is InChI=1S/C25H22N2O5/c1-15-6-8-16(9-7-15)23(28)21-22(19-13-18(31-2)10-11-20(19)32-3)27(25(30)24(21)29)17-5-4-12-26-14-17/h4-14,22,28H,1-3H3/t22-/m1/s1. The number of nitrogens with zero attached hydrogens (tertiary/aromatic N) is 2. The number of aryl methyl sites for hydroxylation is 1. The molecule has 1 aliphatic rings. The second-order valence-corrected chi connectivity index (χ2v) is 7.35. The SMILES string of the molecule is COc1ccc(OC)c([C@@H]2C(=C(O)c3ccc(C)cc3)C(=O)C(=O)N2c2cccnc2)c1. The maximum Gasteiger partial charge on any atom is 0.300 e. The van der Waals surface area contributed by atoms with E-state index in [0.717, 1.165) is 5.56 Å². The van der Waals surface area contributed by atoms with Gasteiger partial charge in [0.25, 0.3) is 11.7 Å². The number of pyridine rings is 1. The van der Waals surface area contributed by atoms with Gasteiger partial charge in [0.1, 0.15) is 17.3 Å². The van der Waals surface area contributed by atoms with Gasteiger partial charge >= 0.3 is 0 Å². The molecule has 1 amide bonds. The number of amides is 1. The van der Waals surface area contributed by atoms with Gasteiger partial charge in [-0.05, 0) is 37.3 Å². The van der Waals surface area contributed by atoms with Gasteiger partial charge in [-0.15, -0.1) is 0 Å². The molecular formula is C25H22N2O5. The maximum atomic E-state index is 13.2. The first-order chi connectivity index (χ1) is 15.5. The van der Waals surface area contributed by atoms with E-state index in [0.29, 0.717) is 28.3 Å². The highest BCUT2D eigenvalue weighted by atomic mass is 16.5. The third kappa shape index (κ3) is 3.58. The first-order valence-electron chi connectivity index (χ1n) is 9.96. The van der Waals surface area contributed by atoms with Crippen LogP contribution >= 0.6 is 0 Å². The number of benzene rings is 2. The Morgan fingerprint density at radius 1 is 1.03 bits per heavy atom. The van der Waals surface area contributed by atoms with E-state index in [9.17, 15) is 14.7 Å². The molecule has 1 aliphatic heterocycles. The minimum atomic E-state index is -0.939. The number of hydrogen-bond donors (Lipinski definition) is 1. The van der Waals surface area contributed by atoms with Gasteiger partial charge in [-0.2, -0.15) is 0 Å². The topological polar surface area (TPSA) is 89.0 Å². The molecule has 0 aliphatic carbocycles. The Kier molecular flexibility index (Phi) is 5.64. The van der Waals surface area contributed by atoms with Gasteiger partial charge in [-0.1, -0.05) is 29.8 Å². The number of methoxy groups -OCH3 is 2. The smallest absolute Gasteiger partial charge is 0.300 e. The van der Waals surface area contributed by atoms with Gasteiger partial charge in [0.15, 0.2) is 0 Å². The minimum Gasteiger partial charge on any atom is -0.507 e. The molecule has 2 aromatic carbocycles. The first kappa shape index (κ1) is 21.1. The summed E-state index contributed by atoms with van der Waals surface area (Å²) in [5, 5.41) is 11.2. The monoisotopic (exact) mass is 430 g/mol. The zero-order valence-electron chi connectivity index (χ0n) is 17.9. The Balaban J connectivity index is 2.01. The molecule has 1 atom stereocenters. The van der Waals surface area contributed by atoms with Crippen molar-refractivity contribution in [2.45, 2.75) is 13.0 Å². The van der Waals surface area contributed by atoms with Crippen molar-refractivity contribution in [2.24, 2.45) is 0 Å². The zero-order chi connectivity index (χ0) is 22.8. The molecule has 1 aromatic heterocycles. The molecule has 0 bridgehead atoms. The number of aliphatic hydroxyl groups excluding tert-OH is 1. The Morgan fingerprint density at radius 3 is 2.41 bits per heavy atom. The molecule has 4 rings (SSSR count). The van der Waals surface area contributed by atoms with Crippen LogP contribution in [0.15, 0.2) is 72.6 Å². The quantitative estimate of drug-likeness (QED) is 0.373. The highest BCUT2D eigenvalue weighted by Gasteiger charge is 2.48. The normalized spacial score (nSPS) is 17.5. The van der Waals surface area contributed by atoms with Crippen LogP contribution < -0.4 is 14.4 Å². The molecule has 162 valence electrons. The van der Waals surface area contributed by atoms with E-state index < -0.39 is 17.7 Å². The van der Waals surface area contributed by atoms with Crippen LogP contribution in [-0.2, 0) is 9.59 Å². The number of aromatic nitrogens is 1. The number of rotatable bonds is 5. The lowest BCUT2D eigenvalue weighted by Gasteiger charge is -2.26. The number of ether oxygens (including phenoxy) is 2. The third-order valence-corrected chi connectivity index (χ3v) is 5.42. The van der Waals surface area contributed by atoms with Crippen LogP contribution in [0.2, 0.25) is 0 Å². The predicted molar refractivity (Wildman–Crippen MR) is 120 cm³/mol. The average molecular weight is 430 g/mol. The lowest BCUT2D eigenvalue weighted by atomic mass is 9.94. The molecule has 1 N–H and O–H groups in total. The van der Waals surface area contributed by atoms with E-state index >= 15 is 0 Å². The fraction of sp³-hybridized carbons (Fsp3) is 0.160. The van der Waals surface area contributed by atoms with Crippen molar-refractivity contribution in [1.29, 1.82) is 0 Å². The number of anilines is 1. The highest BCUT2D eigenvalue weighted by Crippen LogP contribution is 2.45. The van der Waals surface area contributed by atoms with Crippen molar-refractivity contribution in [3.63, 3.8) is 0 Å². The molecule has 7 nitrogen and oxygen atoms in total. The summed E-state index contributed by atoms with van der Waals surface area (Å²) in [7, 11) is 3.03. The predicted octanol–water partition coefficient (Wildman–Crippen LogP) is 4.03. The van der Waals surface area contributed by atoms with Crippen molar-refractivity contribution in [1.82, 2.24) is 4.98 Å². The number of carbonyl (C=O) groups is 2. The van der Waals surface area contributed by atoms with E-state index in [2.05, 4.69) is 4.98 Å². The number of carbonyl (C=O) groups excluding carboxylic acids is 2. The number of aliphatic hydroxyl groups is 1. The minimum absolute atomic E-state index is 0.0331. The molecule has 2 heterocycles. The van der Waals surface area contributed by atoms with Crippen molar-refractivity contribution >= 4 is 23.1 Å². The van der Waals surface area contributed by atoms with Gasteiger partial charge < -0.3 is 14.6 Å². The van der Waals surface area contributed by atoms with E-state index in [-0.39, 0.29) is 11.3 Å². The van der Waals surface area contributed by atoms with Crippen LogP contribution in [-0.4, -0.2) is 36.0 Å². The summed E-state index contributed by atoms with van der Waals surface area (Å²) in [5.74, 6) is -0.845. The number of ketones is 1. The van der Waals surface area contributed by atoms with Gasteiger partial charge in [-0.3, -0.25) is 19.5 Å². The van der Waals surface area contributed by atoms with Crippen molar-refractivity contribution in [3.8, 4) is 11.5 Å². The molecule has 0 radical (unpaired) electrons. The van der Waals surface area contributed by atoms with Crippen LogP contribution in [0.1, 0.15) is 22.7 Å². The highest BCUT2D eigenvalue weighted by molar-refractivity contribution is 6.51. The van der Waals surface area contributed by atoms with Crippen LogP contribution in [0.4, 0.5) is 5.69 Å². The zero-order valence-corrected chi connectivity index (χ0v) is 17.9. The molecular weight excluding hydrogens is 408 g/mol. The molecule has 7 heteroatoms. The molecule has 0 spiro atoms. The summed E-state index contributed by atoms with van der Waals surface area (Å²) < 4.78 is 10.9. The Bertz CT molecular complexity index is 1200. The maximum absolute atomic E-state index is 13.2. The molecule has 1 fully saturated rings. The Hall–Kier alpha value is -4.13. The summed E-state index contributed by atoms with van der Waals surface area (Å²) in [6.45, 7) is 1.92. The Labute approximate surface area is 185 Å². The first-order valence-corrected chi connectivity index (χ1v) is 9.96. The van der Waals surface area contributed by atoms with Gasteiger partial charge in [-0.25, -0.2) is 0 Å². The number of hydrogen-bond acceptors (Lipinski definition) is 6. The number of Topliss-reactive ketones (excluding diaryl/α,β-unsaturated/α-hetero) is 1. The third-order valence-electron chi connectivity index (χ3n) is 5.42. The molecule has 0 unspecified atom stereocenters. The fourth-order valence-electron chi connectivity index (χ4n) is 3.81. The van der Waals surface area contributed by atoms with Gasteiger partial charge in [0.05, 0.1) is 37.7 Å². The van der Waals surface area contributed by atoms with Crippen molar-refractivity contribution in [3.05, 3.63) is 89.3 Å². The average Bonchev–Trinajstić information content (AvgIpc) is 3.09. The lowest BCUT2D eigenvalue weighted by molar-refractivity contribution is -0.132. The van der Waals surface area contributed by atoms with Crippen molar-refractivity contribution < 1.29 is 24.2 Å². The largest absolute Gasteiger partial charge is 0.507 e. The second-order valence-electron chi connectivity index (χ2n) is 7.35. The van der Waals surface area contributed by atoms with E-state index in [1.54, 1.807) is 48.7 Å². The molecule has 1 saturated heterocycles. The second kappa shape index (κ2) is 8.55.